The van der Waals surface area contributed by atoms with Gasteiger partial charge < -0.3 is 4.42 Å². The van der Waals surface area contributed by atoms with Gasteiger partial charge in [0.25, 0.3) is 4.80 Å². The van der Waals surface area contributed by atoms with Crippen molar-refractivity contribution >= 4 is 39.1 Å². The molecule has 1 aromatic carbocycles. The van der Waals surface area contributed by atoms with Gasteiger partial charge >= 0.3 is 0 Å². The standard InChI is InChI=1S/C8H3BrCl2N2O/c9-8-13-12-7(14-8)5-2-1-4(10)3-6(5)11/h1-3H. The first-order chi connectivity index (χ1) is 6.66. The molecule has 14 heavy (non-hydrogen) atoms. The Bertz CT molecular complexity index is 472. The maximum Gasteiger partial charge on any atom is 0.285 e. The maximum absolute atomic E-state index is 5.95. The highest BCUT2D eigenvalue weighted by atomic mass is 79.9. The van der Waals surface area contributed by atoms with Crippen LogP contribution < -0.4 is 0 Å². The number of rotatable bonds is 1. The van der Waals surface area contributed by atoms with Crippen molar-refractivity contribution in [2.24, 2.45) is 0 Å². The van der Waals surface area contributed by atoms with E-state index < -0.39 is 0 Å². The van der Waals surface area contributed by atoms with Crippen molar-refractivity contribution in [3.05, 3.63) is 33.0 Å². The van der Waals surface area contributed by atoms with E-state index in [1.807, 2.05) is 0 Å². The Labute approximate surface area is 98.2 Å². The molecule has 0 aliphatic rings. The van der Waals surface area contributed by atoms with Gasteiger partial charge in [-0.15, -0.1) is 10.2 Å². The Hall–Kier alpha value is -0.580. The topological polar surface area (TPSA) is 38.9 Å². The van der Waals surface area contributed by atoms with E-state index in [9.17, 15) is 0 Å². The molecule has 0 N–H and O–H groups in total. The zero-order valence-electron chi connectivity index (χ0n) is 6.67. The third kappa shape index (κ3) is 1.92. The molecule has 0 bridgehead atoms. The van der Waals surface area contributed by atoms with Gasteiger partial charge in [-0.1, -0.05) is 23.2 Å². The number of nitrogens with zero attached hydrogens (tertiary/aromatic N) is 2. The fourth-order valence-corrected chi connectivity index (χ4v) is 1.70. The second-order valence-corrected chi connectivity index (χ2v) is 4.01. The van der Waals surface area contributed by atoms with Gasteiger partial charge in [-0.05, 0) is 18.2 Å². The van der Waals surface area contributed by atoms with Crippen LogP contribution in [-0.4, -0.2) is 10.2 Å². The highest BCUT2D eigenvalue weighted by molar-refractivity contribution is 9.10. The zero-order chi connectivity index (χ0) is 10.1. The average molecular weight is 294 g/mol. The number of halogens is 3. The van der Waals surface area contributed by atoms with Crippen LogP contribution >= 0.6 is 39.1 Å². The first-order valence-corrected chi connectivity index (χ1v) is 5.16. The summed E-state index contributed by atoms with van der Waals surface area (Å²) in [4.78, 5) is 0.318. The molecule has 2 rings (SSSR count). The summed E-state index contributed by atoms with van der Waals surface area (Å²) in [6, 6.07) is 5.06. The van der Waals surface area contributed by atoms with Gasteiger partial charge in [0.15, 0.2) is 0 Å². The molecule has 0 fully saturated rings. The number of hydrogen-bond acceptors (Lipinski definition) is 3. The first-order valence-electron chi connectivity index (χ1n) is 3.61. The molecule has 0 aliphatic carbocycles. The summed E-state index contributed by atoms with van der Waals surface area (Å²) in [6.45, 7) is 0. The van der Waals surface area contributed by atoms with Crippen molar-refractivity contribution in [2.75, 3.05) is 0 Å². The van der Waals surface area contributed by atoms with E-state index in [2.05, 4.69) is 26.1 Å². The molecule has 0 aliphatic heterocycles. The number of benzene rings is 1. The van der Waals surface area contributed by atoms with E-state index >= 15 is 0 Å². The molecule has 0 saturated carbocycles. The van der Waals surface area contributed by atoms with E-state index in [1.165, 1.54) is 0 Å². The molecule has 3 nitrogen and oxygen atoms in total. The van der Waals surface area contributed by atoms with Crippen LogP contribution in [-0.2, 0) is 0 Å². The lowest BCUT2D eigenvalue weighted by molar-refractivity contribution is 0.540. The van der Waals surface area contributed by atoms with Crippen molar-refractivity contribution in [3.63, 3.8) is 0 Å². The van der Waals surface area contributed by atoms with Crippen molar-refractivity contribution in [3.8, 4) is 11.5 Å². The quantitative estimate of drug-likeness (QED) is 0.802. The Balaban J connectivity index is 2.52. The lowest BCUT2D eigenvalue weighted by Gasteiger charge is -1.98. The zero-order valence-corrected chi connectivity index (χ0v) is 9.77. The van der Waals surface area contributed by atoms with Gasteiger partial charge in [0.05, 0.1) is 10.6 Å². The lowest BCUT2D eigenvalue weighted by Crippen LogP contribution is -1.79. The van der Waals surface area contributed by atoms with Crippen LogP contribution in [0.5, 0.6) is 0 Å². The van der Waals surface area contributed by atoms with Crippen LogP contribution in [0.3, 0.4) is 0 Å². The Kier molecular flexibility index (Phi) is 2.76. The summed E-state index contributed by atoms with van der Waals surface area (Å²) < 4.78 is 5.16. The summed E-state index contributed by atoms with van der Waals surface area (Å²) in [5.41, 5.74) is 0.661. The van der Waals surface area contributed by atoms with Gasteiger partial charge in [-0.25, -0.2) is 0 Å². The van der Waals surface area contributed by atoms with Gasteiger partial charge in [-0.3, -0.25) is 0 Å². The van der Waals surface area contributed by atoms with Crippen LogP contribution in [0.2, 0.25) is 10.0 Å². The molecule has 0 atom stereocenters. The molecule has 1 aromatic heterocycles. The molecule has 2 aromatic rings. The average Bonchev–Trinajstić information content (AvgIpc) is 2.51. The minimum atomic E-state index is 0.318. The normalized spacial score (nSPS) is 10.5. The van der Waals surface area contributed by atoms with E-state index in [0.717, 1.165) is 0 Å². The lowest BCUT2D eigenvalue weighted by atomic mass is 10.2. The van der Waals surface area contributed by atoms with Crippen LogP contribution in [0.25, 0.3) is 11.5 Å². The number of aromatic nitrogens is 2. The van der Waals surface area contributed by atoms with Gasteiger partial charge in [0.1, 0.15) is 0 Å². The van der Waals surface area contributed by atoms with Crippen LogP contribution in [0.4, 0.5) is 0 Å². The molecule has 0 saturated heterocycles. The smallest absolute Gasteiger partial charge is 0.285 e. The SMILES string of the molecule is Clc1ccc(-c2nnc(Br)o2)c(Cl)c1. The third-order valence-corrected chi connectivity index (χ3v) is 2.43. The van der Waals surface area contributed by atoms with Crippen LogP contribution in [0, 0.1) is 0 Å². The van der Waals surface area contributed by atoms with Crippen molar-refractivity contribution in [1.29, 1.82) is 0 Å². The largest absolute Gasteiger partial charge is 0.411 e. The van der Waals surface area contributed by atoms with Crippen molar-refractivity contribution in [1.82, 2.24) is 10.2 Å². The number of hydrogen-bond donors (Lipinski definition) is 0. The van der Waals surface area contributed by atoms with Gasteiger partial charge in [0, 0.05) is 21.0 Å². The molecule has 72 valence electrons. The molecule has 1 heterocycles. The molecule has 0 spiro atoms. The Morgan fingerprint density at radius 1 is 1.21 bits per heavy atom. The fourth-order valence-electron chi connectivity index (χ4n) is 0.977. The molecule has 0 unspecified atom stereocenters. The van der Waals surface area contributed by atoms with Gasteiger partial charge in [0.2, 0.25) is 5.89 Å². The predicted molar refractivity (Wildman–Crippen MR) is 57.5 cm³/mol. The highest BCUT2D eigenvalue weighted by Gasteiger charge is 2.10. The molecule has 6 heteroatoms. The Morgan fingerprint density at radius 3 is 2.57 bits per heavy atom. The summed E-state index contributed by atoms with van der Waals surface area (Å²) in [7, 11) is 0. The fraction of sp³-hybridized carbons (Fsp3) is 0. The maximum atomic E-state index is 5.95. The van der Waals surface area contributed by atoms with E-state index in [4.69, 9.17) is 27.6 Å². The molecular formula is C8H3BrCl2N2O. The summed E-state index contributed by atoms with van der Waals surface area (Å²) in [6.07, 6.45) is 0. The predicted octanol–water partition coefficient (Wildman–Crippen LogP) is 3.81. The van der Waals surface area contributed by atoms with Crippen LogP contribution in [0.15, 0.2) is 27.4 Å². The molecule has 0 radical (unpaired) electrons. The van der Waals surface area contributed by atoms with E-state index in [1.54, 1.807) is 18.2 Å². The van der Waals surface area contributed by atoms with Gasteiger partial charge in [-0.2, -0.15) is 0 Å². The van der Waals surface area contributed by atoms with Crippen molar-refractivity contribution < 1.29 is 4.42 Å². The third-order valence-electron chi connectivity index (χ3n) is 1.56. The summed E-state index contributed by atoms with van der Waals surface area (Å²) >= 11 is 14.8. The second-order valence-electron chi connectivity index (χ2n) is 2.48. The first kappa shape index (κ1) is 9.96. The minimum Gasteiger partial charge on any atom is -0.411 e. The van der Waals surface area contributed by atoms with E-state index in [0.29, 0.717) is 26.3 Å². The molecular weight excluding hydrogens is 291 g/mol. The molecule has 0 amide bonds. The van der Waals surface area contributed by atoms with Crippen molar-refractivity contribution in [2.45, 2.75) is 0 Å². The van der Waals surface area contributed by atoms with E-state index in [-0.39, 0.29) is 0 Å². The monoisotopic (exact) mass is 292 g/mol. The minimum absolute atomic E-state index is 0.318. The Morgan fingerprint density at radius 2 is 2.00 bits per heavy atom. The highest BCUT2D eigenvalue weighted by Crippen LogP contribution is 2.29. The summed E-state index contributed by atoms with van der Waals surface area (Å²) in [5, 5.41) is 8.50. The summed E-state index contributed by atoms with van der Waals surface area (Å²) in [5.74, 6) is 0.360. The second kappa shape index (κ2) is 3.88. The van der Waals surface area contributed by atoms with Crippen LogP contribution in [0.1, 0.15) is 0 Å².